The van der Waals surface area contributed by atoms with Crippen LogP contribution in [0.1, 0.15) is 15.2 Å². The second kappa shape index (κ2) is 8.52. The number of thiophene rings is 1. The van der Waals surface area contributed by atoms with Crippen molar-refractivity contribution in [3.05, 3.63) is 57.6 Å². The zero-order valence-electron chi connectivity index (χ0n) is 16.9. The van der Waals surface area contributed by atoms with Crippen molar-refractivity contribution in [1.29, 1.82) is 0 Å². The van der Waals surface area contributed by atoms with Crippen molar-refractivity contribution >= 4 is 55.0 Å². The van der Waals surface area contributed by atoms with Gasteiger partial charge in [-0.2, -0.15) is 0 Å². The van der Waals surface area contributed by atoms with Crippen molar-refractivity contribution in [2.75, 3.05) is 19.5 Å². The van der Waals surface area contributed by atoms with Gasteiger partial charge in [-0.15, -0.1) is 11.3 Å². The van der Waals surface area contributed by atoms with Crippen LogP contribution < -0.4 is 14.8 Å². The summed E-state index contributed by atoms with van der Waals surface area (Å²) >= 11 is 5.03. The van der Waals surface area contributed by atoms with Gasteiger partial charge in [0, 0.05) is 27.0 Å². The van der Waals surface area contributed by atoms with Crippen LogP contribution >= 0.6 is 27.3 Å². The van der Waals surface area contributed by atoms with E-state index in [0.29, 0.717) is 23.0 Å². The molecule has 0 fully saturated rings. The lowest BCUT2D eigenvalue weighted by atomic mass is 10.0. The van der Waals surface area contributed by atoms with E-state index in [1.165, 1.54) is 26.6 Å². The first-order valence-corrected chi connectivity index (χ1v) is 10.8. The lowest BCUT2D eigenvalue weighted by Gasteiger charge is -2.15. The molecule has 158 valence electrons. The number of aryl methyl sites for hydroxylation is 1. The van der Waals surface area contributed by atoms with E-state index in [2.05, 4.69) is 31.2 Å². The van der Waals surface area contributed by atoms with E-state index < -0.39 is 5.97 Å². The highest BCUT2D eigenvalue weighted by Gasteiger charge is 2.21. The Bertz CT molecular complexity index is 1290. The molecule has 7 nitrogen and oxygen atoms in total. The zero-order valence-corrected chi connectivity index (χ0v) is 19.3. The number of aromatic nitrogens is 2. The molecule has 0 aliphatic carbocycles. The number of methoxy groups -OCH3 is 2. The number of nitrogens with one attached hydrogen (secondary N) is 1. The van der Waals surface area contributed by atoms with Gasteiger partial charge in [-0.05, 0) is 24.6 Å². The van der Waals surface area contributed by atoms with Gasteiger partial charge in [0.2, 0.25) is 0 Å². The normalized spacial score (nSPS) is 10.8. The monoisotopic (exact) mass is 499 g/mol. The second-order valence-electron chi connectivity index (χ2n) is 6.63. The molecule has 9 heteroatoms. The topological polar surface area (TPSA) is 93.6 Å². The van der Waals surface area contributed by atoms with Crippen LogP contribution in [0, 0.1) is 6.92 Å². The number of aromatic carboxylic acids is 1. The summed E-state index contributed by atoms with van der Waals surface area (Å²) in [6.07, 6.45) is 1.47. The van der Waals surface area contributed by atoms with Gasteiger partial charge in [-0.1, -0.05) is 28.1 Å². The van der Waals surface area contributed by atoms with Crippen molar-refractivity contribution in [2.45, 2.75) is 6.92 Å². The first kappa shape index (κ1) is 21.1. The molecule has 2 heterocycles. The molecule has 0 bridgehead atoms. The summed E-state index contributed by atoms with van der Waals surface area (Å²) in [5.74, 6) is 0.167. The molecule has 0 aliphatic rings. The quantitative estimate of drug-likeness (QED) is 0.341. The highest BCUT2D eigenvalue weighted by Crippen LogP contribution is 2.42. The number of carbonyl (C=O) groups is 1. The highest BCUT2D eigenvalue weighted by atomic mass is 79.9. The van der Waals surface area contributed by atoms with Gasteiger partial charge in [0.25, 0.3) is 0 Å². The van der Waals surface area contributed by atoms with E-state index in [-0.39, 0.29) is 5.56 Å². The molecule has 0 saturated carbocycles. The largest absolute Gasteiger partial charge is 0.493 e. The number of hydrogen-bond donors (Lipinski definition) is 2. The van der Waals surface area contributed by atoms with Crippen molar-refractivity contribution in [2.24, 2.45) is 0 Å². The Morgan fingerprint density at radius 2 is 1.77 bits per heavy atom. The molecule has 0 atom stereocenters. The summed E-state index contributed by atoms with van der Waals surface area (Å²) in [6, 6.07) is 11.0. The Kier molecular flexibility index (Phi) is 5.79. The van der Waals surface area contributed by atoms with Crippen LogP contribution in [-0.2, 0) is 0 Å². The number of carboxylic acid groups (broad SMARTS) is 1. The van der Waals surface area contributed by atoms with Crippen molar-refractivity contribution in [3.8, 4) is 22.6 Å². The fourth-order valence-electron chi connectivity index (χ4n) is 3.39. The standard InChI is InChI=1S/C22H18BrN3O4S/c1-11-18(12-4-6-13(23)7-5-12)19-20(24-10-25-21(19)31-11)26-15-9-17(30-3)16(29-2)8-14(15)22(27)28/h4-10H,1-3H3,(H,27,28)(H,24,25,26). The van der Waals surface area contributed by atoms with Crippen molar-refractivity contribution < 1.29 is 19.4 Å². The molecule has 31 heavy (non-hydrogen) atoms. The number of nitrogens with zero attached hydrogens (tertiary/aromatic N) is 2. The molecule has 0 radical (unpaired) electrons. The third-order valence-electron chi connectivity index (χ3n) is 4.80. The van der Waals surface area contributed by atoms with Gasteiger partial charge in [-0.3, -0.25) is 0 Å². The van der Waals surface area contributed by atoms with Gasteiger partial charge in [-0.25, -0.2) is 14.8 Å². The van der Waals surface area contributed by atoms with Gasteiger partial charge < -0.3 is 19.9 Å². The van der Waals surface area contributed by atoms with Gasteiger partial charge in [0.1, 0.15) is 17.0 Å². The van der Waals surface area contributed by atoms with Gasteiger partial charge in [0.05, 0.1) is 30.9 Å². The fourth-order valence-corrected chi connectivity index (χ4v) is 4.67. The van der Waals surface area contributed by atoms with Crippen LogP contribution in [0.15, 0.2) is 47.2 Å². The Hall–Kier alpha value is -3.17. The maximum atomic E-state index is 11.9. The number of carboxylic acids is 1. The fraction of sp³-hybridized carbons (Fsp3) is 0.136. The number of rotatable bonds is 6. The SMILES string of the molecule is COc1cc(Nc2ncnc3sc(C)c(-c4ccc(Br)cc4)c23)c(C(=O)O)cc1OC. The van der Waals surface area contributed by atoms with Gasteiger partial charge in [0.15, 0.2) is 11.5 Å². The van der Waals surface area contributed by atoms with Crippen LogP contribution in [0.2, 0.25) is 0 Å². The summed E-state index contributed by atoms with van der Waals surface area (Å²) in [5, 5.41) is 13.8. The van der Waals surface area contributed by atoms with E-state index in [1.807, 2.05) is 31.2 Å². The zero-order chi connectivity index (χ0) is 22.1. The van der Waals surface area contributed by atoms with E-state index in [4.69, 9.17) is 9.47 Å². The van der Waals surface area contributed by atoms with Crippen LogP contribution in [0.4, 0.5) is 11.5 Å². The predicted octanol–water partition coefficient (Wildman–Crippen LogP) is 5.89. The maximum absolute atomic E-state index is 11.9. The molecule has 0 unspecified atom stereocenters. The van der Waals surface area contributed by atoms with Crippen LogP contribution in [0.5, 0.6) is 11.5 Å². The van der Waals surface area contributed by atoms with Crippen LogP contribution in [-0.4, -0.2) is 35.3 Å². The van der Waals surface area contributed by atoms with Crippen LogP contribution in [0.3, 0.4) is 0 Å². The average Bonchev–Trinajstić information content (AvgIpc) is 3.10. The maximum Gasteiger partial charge on any atom is 0.337 e. The van der Waals surface area contributed by atoms with Crippen molar-refractivity contribution in [1.82, 2.24) is 9.97 Å². The molecule has 0 amide bonds. The Labute approximate surface area is 190 Å². The number of halogens is 1. The first-order chi connectivity index (χ1) is 14.9. The van der Waals surface area contributed by atoms with E-state index >= 15 is 0 Å². The third kappa shape index (κ3) is 3.94. The first-order valence-electron chi connectivity index (χ1n) is 9.19. The second-order valence-corrected chi connectivity index (χ2v) is 8.74. The van der Waals surface area contributed by atoms with E-state index in [1.54, 1.807) is 17.4 Å². The molecule has 2 N–H and O–H groups in total. The number of hydrogen-bond acceptors (Lipinski definition) is 7. The number of benzene rings is 2. The lowest BCUT2D eigenvalue weighted by molar-refractivity contribution is 0.0697. The predicted molar refractivity (Wildman–Crippen MR) is 125 cm³/mol. The third-order valence-corrected chi connectivity index (χ3v) is 6.35. The van der Waals surface area contributed by atoms with E-state index in [9.17, 15) is 9.90 Å². The minimum absolute atomic E-state index is 0.0431. The smallest absolute Gasteiger partial charge is 0.337 e. The summed E-state index contributed by atoms with van der Waals surface area (Å²) in [4.78, 5) is 22.6. The Morgan fingerprint density at radius 3 is 2.42 bits per heavy atom. The summed E-state index contributed by atoms with van der Waals surface area (Å²) in [6.45, 7) is 2.03. The van der Waals surface area contributed by atoms with Crippen molar-refractivity contribution in [3.63, 3.8) is 0 Å². The number of anilines is 2. The summed E-state index contributed by atoms with van der Waals surface area (Å²) in [7, 11) is 2.96. The number of ether oxygens (including phenoxy) is 2. The molecule has 0 aliphatic heterocycles. The Balaban J connectivity index is 1.90. The summed E-state index contributed by atoms with van der Waals surface area (Å²) < 4.78 is 11.6. The molecule has 4 aromatic rings. The highest BCUT2D eigenvalue weighted by molar-refractivity contribution is 9.10. The van der Waals surface area contributed by atoms with E-state index in [0.717, 1.165) is 30.7 Å². The Morgan fingerprint density at radius 1 is 1.10 bits per heavy atom. The molecule has 2 aromatic heterocycles. The molecule has 4 rings (SSSR count). The summed E-state index contributed by atoms with van der Waals surface area (Å²) in [5.41, 5.74) is 2.42. The van der Waals surface area contributed by atoms with Crippen LogP contribution in [0.25, 0.3) is 21.3 Å². The minimum atomic E-state index is -1.09. The number of fused-ring (bicyclic) bond motifs is 1. The van der Waals surface area contributed by atoms with Gasteiger partial charge >= 0.3 is 5.97 Å². The molecular formula is C22H18BrN3O4S. The minimum Gasteiger partial charge on any atom is -0.493 e. The molecule has 0 spiro atoms. The molecule has 0 saturated heterocycles. The average molecular weight is 500 g/mol. The molecule has 2 aromatic carbocycles. The lowest BCUT2D eigenvalue weighted by Crippen LogP contribution is -2.06. The molecular weight excluding hydrogens is 482 g/mol.